The molecule has 1 fully saturated rings. The zero-order valence-electron chi connectivity index (χ0n) is 7.73. The van der Waals surface area contributed by atoms with E-state index in [-0.39, 0.29) is 12.3 Å². The second-order valence-corrected chi connectivity index (χ2v) is 3.33. The van der Waals surface area contributed by atoms with E-state index >= 15 is 0 Å². The van der Waals surface area contributed by atoms with Crippen molar-refractivity contribution in [1.82, 2.24) is 5.32 Å². The first-order valence-corrected chi connectivity index (χ1v) is 4.29. The fraction of sp³-hybridized carbons (Fsp3) is 0.875. The number of amides is 1. The minimum absolute atomic E-state index is 0.217. The van der Waals surface area contributed by atoms with Crippen LogP contribution >= 0.6 is 0 Å². The molecule has 0 aromatic carbocycles. The van der Waals surface area contributed by atoms with Crippen molar-refractivity contribution < 1.29 is 19.7 Å². The molecule has 4 atom stereocenters. The average molecular weight is 189 g/mol. The number of ether oxygens (including phenoxy) is 1. The van der Waals surface area contributed by atoms with Gasteiger partial charge in [-0.1, -0.05) is 0 Å². The van der Waals surface area contributed by atoms with Gasteiger partial charge < -0.3 is 20.3 Å². The fourth-order valence-corrected chi connectivity index (χ4v) is 1.47. The molecule has 0 saturated carbocycles. The van der Waals surface area contributed by atoms with Crippen molar-refractivity contribution in [3.8, 4) is 0 Å². The molecule has 1 unspecified atom stereocenters. The van der Waals surface area contributed by atoms with Crippen molar-refractivity contribution in [3.63, 3.8) is 0 Å². The molecule has 0 aromatic rings. The molecule has 76 valence electrons. The molecule has 1 aliphatic rings. The van der Waals surface area contributed by atoms with Crippen LogP contribution in [0.25, 0.3) is 0 Å². The van der Waals surface area contributed by atoms with Crippen LogP contribution in [0.2, 0.25) is 0 Å². The Balaban J connectivity index is 2.55. The van der Waals surface area contributed by atoms with Crippen LogP contribution in [0.3, 0.4) is 0 Å². The summed E-state index contributed by atoms with van der Waals surface area (Å²) < 4.78 is 4.96. The van der Waals surface area contributed by atoms with Gasteiger partial charge in [0.15, 0.2) is 6.29 Å². The fourth-order valence-electron chi connectivity index (χ4n) is 1.47. The molecule has 0 bridgehead atoms. The van der Waals surface area contributed by atoms with E-state index in [2.05, 4.69) is 5.32 Å². The van der Waals surface area contributed by atoms with Gasteiger partial charge in [-0.05, 0) is 6.92 Å². The summed E-state index contributed by atoms with van der Waals surface area (Å²) in [6, 6.07) is -0.420. The minimum atomic E-state index is -0.907. The Bertz CT molecular complexity index is 197. The summed E-state index contributed by atoms with van der Waals surface area (Å²) >= 11 is 0. The van der Waals surface area contributed by atoms with E-state index in [4.69, 9.17) is 4.74 Å². The minimum Gasteiger partial charge on any atom is -0.388 e. The zero-order valence-corrected chi connectivity index (χ0v) is 7.73. The average Bonchev–Trinajstić information content (AvgIpc) is 1.98. The van der Waals surface area contributed by atoms with Crippen molar-refractivity contribution in [2.24, 2.45) is 0 Å². The highest BCUT2D eigenvalue weighted by atomic mass is 16.6. The number of hydrogen-bond acceptors (Lipinski definition) is 4. The van der Waals surface area contributed by atoms with Gasteiger partial charge >= 0.3 is 0 Å². The smallest absolute Gasteiger partial charge is 0.217 e. The SMILES string of the molecule is CC(=O)N[C@@H]1CC(O)O[C@@H](C)[C@@H]1O. The predicted octanol–water partition coefficient (Wildman–Crippen LogP) is -1.02. The van der Waals surface area contributed by atoms with Gasteiger partial charge in [-0.2, -0.15) is 0 Å². The normalized spacial score (nSPS) is 40.0. The Morgan fingerprint density at radius 2 is 2.15 bits per heavy atom. The number of carbonyl (C=O) groups excluding carboxylic acids is 1. The monoisotopic (exact) mass is 189 g/mol. The third kappa shape index (κ3) is 2.65. The second kappa shape index (κ2) is 4.04. The van der Waals surface area contributed by atoms with Gasteiger partial charge in [-0.25, -0.2) is 0 Å². The molecule has 0 spiro atoms. The first-order valence-electron chi connectivity index (χ1n) is 4.29. The third-order valence-electron chi connectivity index (χ3n) is 2.11. The molecule has 0 aliphatic carbocycles. The van der Waals surface area contributed by atoms with Gasteiger partial charge in [0.25, 0.3) is 0 Å². The summed E-state index contributed by atoms with van der Waals surface area (Å²) in [5.74, 6) is -0.217. The molecular formula is C8H15NO4. The number of aliphatic hydroxyl groups excluding tert-OH is 2. The van der Waals surface area contributed by atoms with Crippen LogP contribution in [0, 0.1) is 0 Å². The standard InChI is InChI=1S/C8H15NO4/c1-4-8(12)6(9-5(2)10)3-7(11)13-4/h4,6-8,11-12H,3H2,1-2H3,(H,9,10)/t4-,6+,7?,8-/m0/s1. The zero-order chi connectivity index (χ0) is 10.0. The largest absolute Gasteiger partial charge is 0.388 e. The first-order chi connectivity index (χ1) is 6.00. The summed E-state index contributed by atoms with van der Waals surface area (Å²) in [5.41, 5.74) is 0. The molecule has 13 heavy (non-hydrogen) atoms. The van der Waals surface area contributed by atoms with E-state index in [0.717, 1.165) is 0 Å². The summed E-state index contributed by atoms with van der Waals surface area (Å²) in [4.78, 5) is 10.7. The first kappa shape index (κ1) is 10.4. The molecule has 1 rings (SSSR count). The third-order valence-corrected chi connectivity index (χ3v) is 2.11. The highest BCUT2D eigenvalue weighted by Gasteiger charge is 2.34. The van der Waals surface area contributed by atoms with E-state index in [9.17, 15) is 15.0 Å². The lowest BCUT2D eigenvalue weighted by atomic mass is 10.00. The molecule has 1 heterocycles. The lowest BCUT2D eigenvalue weighted by Gasteiger charge is -2.35. The van der Waals surface area contributed by atoms with Crippen molar-refractivity contribution in [1.29, 1.82) is 0 Å². The summed E-state index contributed by atoms with van der Waals surface area (Å²) in [6.45, 7) is 3.03. The van der Waals surface area contributed by atoms with Crippen molar-refractivity contribution in [3.05, 3.63) is 0 Å². The number of carbonyl (C=O) groups is 1. The van der Waals surface area contributed by atoms with Gasteiger partial charge in [-0.15, -0.1) is 0 Å². The highest BCUT2D eigenvalue weighted by molar-refractivity contribution is 5.73. The molecule has 5 heteroatoms. The number of hydrogen-bond donors (Lipinski definition) is 3. The van der Waals surface area contributed by atoms with E-state index < -0.39 is 24.5 Å². The van der Waals surface area contributed by atoms with Crippen LogP contribution in [-0.4, -0.2) is 40.7 Å². The summed E-state index contributed by atoms with van der Waals surface area (Å²) in [5, 5.41) is 21.3. The lowest BCUT2D eigenvalue weighted by Crippen LogP contribution is -2.54. The number of aliphatic hydroxyl groups is 2. The van der Waals surface area contributed by atoms with Crippen LogP contribution in [0.1, 0.15) is 20.3 Å². The molecule has 5 nitrogen and oxygen atoms in total. The quantitative estimate of drug-likeness (QED) is 0.493. The molecule has 0 aromatic heterocycles. The molecule has 1 aliphatic heterocycles. The second-order valence-electron chi connectivity index (χ2n) is 3.33. The van der Waals surface area contributed by atoms with Crippen LogP contribution in [0.15, 0.2) is 0 Å². The maximum Gasteiger partial charge on any atom is 0.217 e. The van der Waals surface area contributed by atoms with E-state index in [1.54, 1.807) is 6.92 Å². The molecular weight excluding hydrogens is 174 g/mol. The van der Waals surface area contributed by atoms with Gasteiger partial charge in [-0.3, -0.25) is 4.79 Å². The predicted molar refractivity (Wildman–Crippen MR) is 44.8 cm³/mol. The van der Waals surface area contributed by atoms with Crippen molar-refractivity contribution >= 4 is 5.91 Å². The maximum absolute atomic E-state index is 10.7. The maximum atomic E-state index is 10.7. The Labute approximate surface area is 76.7 Å². The van der Waals surface area contributed by atoms with E-state index in [1.165, 1.54) is 6.92 Å². The molecule has 0 radical (unpaired) electrons. The lowest BCUT2D eigenvalue weighted by molar-refractivity contribution is -0.202. The topological polar surface area (TPSA) is 78.8 Å². The highest BCUT2D eigenvalue weighted by Crippen LogP contribution is 2.18. The number of nitrogens with one attached hydrogen (secondary N) is 1. The summed E-state index contributed by atoms with van der Waals surface area (Å²) in [7, 11) is 0. The van der Waals surface area contributed by atoms with Gasteiger partial charge in [0.2, 0.25) is 5.91 Å². The summed E-state index contributed by atoms with van der Waals surface area (Å²) in [6.07, 6.45) is -1.89. The Hall–Kier alpha value is -0.650. The van der Waals surface area contributed by atoms with Crippen LogP contribution in [0.4, 0.5) is 0 Å². The van der Waals surface area contributed by atoms with Gasteiger partial charge in [0, 0.05) is 13.3 Å². The van der Waals surface area contributed by atoms with Gasteiger partial charge in [0.1, 0.15) is 6.10 Å². The Morgan fingerprint density at radius 1 is 1.54 bits per heavy atom. The van der Waals surface area contributed by atoms with Crippen molar-refractivity contribution in [2.75, 3.05) is 0 Å². The van der Waals surface area contributed by atoms with E-state index in [1.807, 2.05) is 0 Å². The molecule has 1 amide bonds. The van der Waals surface area contributed by atoms with Crippen LogP contribution in [-0.2, 0) is 9.53 Å². The number of rotatable bonds is 1. The Kier molecular flexibility index (Phi) is 3.24. The Morgan fingerprint density at radius 3 is 2.69 bits per heavy atom. The molecule has 1 saturated heterocycles. The van der Waals surface area contributed by atoms with Crippen LogP contribution < -0.4 is 5.32 Å². The van der Waals surface area contributed by atoms with Gasteiger partial charge in [0.05, 0.1) is 12.1 Å². The van der Waals surface area contributed by atoms with E-state index in [0.29, 0.717) is 0 Å². The molecule has 3 N–H and O–H groups in total. The van der Waals surface area contributed by atoms with Crippen LogP contribution in [0.5, 0.6) is 0 Å². The van der Waals surface area contributed by atoms with Crippen molar-refractivity contribution in [2.45, 2.75) is 44.8 Å².